The molecule has 1 aromatic carbocycles. The highest BCUT2D eigenvalue weighted by Gasteiger charge is 2.04. The molecule has 0 bridgehead atoms. The first kappa shape index (κ1) is 18.0. The standard InChI is InChI=1S/C16H23ClN4O/c1-4-10-18-16(20-12-15(22)21(2)3)19-11-9-13-5-7-14(17)8-6-13/h4-8H,1,9-12H2,2-3H3,(H2,18,19,20). The molecule has 0 saturated carbocycles. The largest absolute Gasteiger partial charge is 0.356 e. The fraction of sp³-hybridized carbons (Fsp3) is 0.375. The molecule has 0 aliphatic rings. The van der Waals surface area contributed by atoms with Gasteiger partial charge in [0.05, 0.1) is 0 Å². The second kappa shape index (κ2) is 9.84. The van der Waals surface area contributed by atoms with Crippen LogP contribution in [0.25, 0.3) is 0 Å². The van der Waals surface area contributed by atoms with E-state index in [4.69, 9.17) is 11.6 Å². The number of halogens is 1. The lowest BCUT2D eigenvalue weighted by atomic mass is 10.1. The molecule has 0 aliphatic carbocycles. The van der Waals surface area contributed by atoms with Crippen molar-refractivity contribution >= 4 is 23.5 Å². The van der Waals surface area contributed by atoms with Gasteiger partial charge in [-0.25, -0.2) is 4.99 Å². The predicted octanol–water partition coefficient (Wildman–Crippen LogP) is 1.69. The Hall–Kier alpha value is -2.01. The molecule has 2 N–H and O–H groups in total. The highest BCUT2D eigenvalue weighted by molar-refractivity contribution is 6.30. The third kappa shape index (κ3) is 7.13. The van der Waals surface area contributed by atoms with Gasteiger partial charge in [-0.05, 0) is 24.1 Å². The molecule has 0 saturated heterocycles. The number of carbonyl (C=O) groups is 1. The molecule has 0 heterocycles. The average molecular weight is 323 g/mol. The minimum atomic E-state index is -0.0441. The van der Waals surface area contributed by atoms with Gasteiger partial charge in [0.25, 0.3) is 0 Å². The Balaban J connectivity index is 2.49. The lowest BCUT2D eigenvalue weighted by Crippen LogP contribution is -2.39. The lowest BCUT2D eigenvalue weighted by molar-refractivity contribution is -0.127. The van der Waals surface area contributed by atoms with Crippen LogP contribution in [-0.4, -0.2) is 50.5 Å². The number of nitrogens with zero attached hydrogens (tertiary/aromatic N) is 2. The van der Waals surface area contributed by atoms with Crippen LogP contribution in [0.15, 0.2) is 41.9 Å². The first-order valence-corrected chi connectivity index (χ1v) is 7.48. The Labute approximate surface area is 137 Å². The second-order valence-corrected chi connectivity index (χ2v) is 5.36. The van der Waals surface area contributed by atoms with Crippen molar-refractivity contribution in [3.63, 3.8) is 0 Å². The highest BCUT2D eigenvalue weighted by atomic mass is 35.5. The summed E-state index contributed by atoms with van der Waals surface area (Å²) in [6.07, 6.45) is 2.58. The first-order chi connectivity index (χ1) is 10.5. The molecule has 6 heteroatoms. The summed E-state index contributed by atoms with van der Waals surface area (Å²) in [6, 6.07) is 7.73. The fourth-order valence-corrected chi connectivity index (χ4v) is 1.73. The van der Waals surface area contributed by atoms with Crippen molar-refractivity contribution in [1.29, 1.82) is 0 Å². The number of guanidine groups is 1. The zero-order chi connectivity index (χ0) is 16.4. The summed E-state index contributed by atoms with van der Waals surface area (Å²) < 4.78 is 0. The zero-order valence-electron chi connectivity index (χ0n) is 13.1. The monoisotopic (exact) mass is 322 g/mol. The average Bonchev–Trinajstić information content (AvgIpc) is 2.50. The third-order valence-corrected chi connectivity index (χ3v) is 3.16. The molecule has 1 aromatic rings. The Morgan fingerprint density at radius 1 is 1.32 bits per heavy atom. The van der Waals surface area contributed by atoms with Gasteiger partial charge in [-0.1, -0.05) is 29.8 Å². The van der Waals surface area contributed by atoms with Crippen molar-refractivity contribution in [3.05, 3.63) is 47.5 Å². The van der Waals surface area contributed by atoms with Crippen LogP contribution in [-0.2, 0) is 11.2 Å². The summed E-state index contributed by atoms with van der Waals surface area (Å²) in [6.45, 7) is 5.07. The Bertz CT molecular complexity index is 511. The van der Waals surface area contributed by atoms with E-state index in [1.807, 2.05) is 24.3 Å². The van der Waals surface area contributed by atoms with E-state index in [0.717, 1.165) is 11.4 Å². The van der Waals surface area contributed by atoms with Gasteiger partial charge in [0.2, 0.25) is 5.91 Å². The zero-order valence-corrected chi connectivity index (χ0v) is 13.9. The summed E-state index contributed by atoms with van der Waals surface area (Å²) >= 11 is 5.86. The molecule has 0 aliphatic heterocycles. The van der Waals surface area contributed by atoms with Crippen molar-refractivity contribution in [2.24, 2.45) is 4.99 Å². The molecule has 0 radical (unpaired) electrons. The van der Waals surface area contributed by atoms with E-state index in [2.05, 4.69) is 22.2 Å². The van der Waals surface area contributed by atoms with Crippen molar-refractivity contribution in [2.45, 2.75) is 6.42 Å². The summed E-state index contributed by atoms with van der Waals surface area (Å²) in [4.78, 5) is 17.4. The van der Waals surface area contributed by atoms with Crippen molar-refractivity contribution < 1.29 is 4.79 Å². The molecule has 0 spiro atoms. The van der Waals surface area contributed by atoms with Crippen LogP contribution in [0.4, 0.5) is 0 Å². The molecule has 120 valence electrons. The number of amides is 1. The fourth-order valence-electron chi connectivity index (χ4n) is 1.61. The topological polar surface area (TPSA) is 56.7 Å². The third-order valence-electron chi connectivity index (χ3n) is 2.90. The van der Waals surface area contributed by atoms with E-state index in [1.54, 1.807) is 20.2 Å². The molecular weight excluding hydrogens is 300 g/mol. The van der Waals surface area contributed by atoms with Crippen LogP contribution in [0.3, 0.4) is 0 Å². The normalized spacial score (nSPS) is 11.0. The summed E-state index contributed by atoms with van der Waals surface area (Å²) in [5, 5.41) is 7.02. The van der Waals surface area contributed by atoms with E-state index in [-0.39, 0.29) is 12.5 Å². The molecular formula is C16H23ClN4O. The number of nitrogens with one attached hydrogen (secondary N) is 2. The second-order valence-electron chi connectivity index (χ2n) is 4.93. The van der Waals surface area contributed by atoms with Crippen LogP contribution in [0, 0.1) is 0 Å². The molecule has 5 nitrogen and oxygen atoms in total. The van der Waals surface area contributed by atoms with E-state index < -0.39 is 0 Å². The number of benzene rings is 1. The maximum atomic E-state index is 11.6. The van der Waals surface area contributed by atoms with Gasteiger partial charge in [-0.3, -0.25) is 4.79 Å². The summed E-state index contributed by atoms with van der Waals surface area (Å²) in [5.41, 5.74) is 1.18. The summed E-state index contributed by atoms with van der Waals surface area (Å²) in [7, 11) is 3.42. The quantitative estimate of drug-likeness (QED) is 0.456. The number of hydrogen-bond acceptors (Lipinski definition) is 2. The van der Waals surface area contributed by atoms with Crippen molar-refractivity contribution in [1.82, 2.24) is 15.5 Å². The van der Waals surface area contributed by atoms with Crippen molar-refractivity contribution in [3.8, 4) is 0 Å². The van der Waals surface area contributed by atoms with Crippen LogP contribution in [0.1, 0.15) is 5.56 Å². The lowest BCUT2D eigenvalue weighted by Gasteiger charge is -2.13. The minimum absolute atomic E-state index is 0.0441. The van der Waals surface area contributed by atoms with Crippen LogP contribution in [0.5, 0.6) is 0 Å². The molecule has 1 rings (SSSR count). The number of aliphatic imine (C=N–C) groups is 1. The maximum absolute atomic E-state index is 11.6. The van der Waals surface area contributed by atoms with Gasteiger partial charge in [0, 0.05) is 32.2 Å². The molecule has 0 aromatic heterocycles. The predicted molar refractivity (Wildman–Crippen MR) is 92.4 cm³/mol. The molecule has 22 heavy (non-hydrogen) atoms. The van der Waals surface area contributed by atoms with Gasteiger partial charge in [0.15, 0.2) is 5.96 Å². The van der Waals surface area contributed by atoms with Crippen LogP contribution < -0.4 is 10.6 Å². The van der Waals surface area contributed by atoms with Gasteiger partial charge in [-0.15, -0.1) is 6.58 Å². The Kier molecular flexibility index (Phi) is 8.07. The van der Waals surface area contributed by atoms with E-state index in [1.165, 1.54) is 10.5 Å². The molecule has 1 amide bonds. The summed E-state index contributed by atoms with van der Waals surface area (Å²) in [5.74, 6) is 0.557. The highest BCUT2D eigenvalue weighted by Crippen LogP contribution is 2.09. The van der Waals surface area contributed by atoms with Gasteiger partial charge in [-0.2, -0.15) is 0 Å². The Morgan fingerprint density at radius 2 is 2.00 bits per heavy atom. The van der Waals surface area contributed by atoms with Crippen LogP contribution >= 0.6 is 11.6 Å². The molecule has 0 fully saturated rings. The number of rotatable bonds is 7. The van der Waals surface area contributed by atoms with Gasteiger partial charge >= 0.3 is 0 Å². The minimum Gasteiger partial charge on any atom is -0.356 e. The van der Waals surface area contributed by atoms with E-state index in [0.29, 0.717) is 19.0 Å². The maximum Gasteiger partial charge on any atom is 0.243 e. The Morgan fingerprint density at radius 3 is 2.59 bits per heavy atom. The molecule has 0 atom stereocenters. The van der Waals surface area contributed by atoms with Gasteiger partial charge < -0.3 is 15.5 Å². The first-order valence-electron chi connectivity index (χ1n) is 7.10. The SMILES string of the molecule is C=CCNC(=NCC(=O)N(C)C)NCCc1ccc(Cl)cc1. The number of carbonyl (C=O) groups excluding carboxylic acids is 1. The smallest absolute Gasteiger partial charge is 0.243 e. The van der Waals surface area contributed by atoms with Crippen molar-refractivity contribution in [2.75, 3.05) is 33.7 Å². The van der Waals surface area contributed by atoms with Crippen LogP contribution in [0.2, 0.25) is 5.02 Å². The number of hydrogen-bond donors (Lipinski definition) is 2. The van der Waals surface area contributed by atoms with Gasteiger partial charge in [0.1, 0.15) is 6.54 Å². The van der Waals surface area contributed by atoms with E-state index >= 15 is 0 Å². The van der Waals surface area contributed by atoms with E-state index in [9.17, 15) is 4.79 Å². The number of likely N-dealkylation sites (N-methyl/N-ethyl adjacent to an activating group) is 1. The molecule has 0 unspecified atom stereocenters.